The lowest BCUT2D eigenvalue weighted by atomic mass is 10.2. The summed E-state index contributed by atoms with van der Waals surface area (Å²) in [6, 6.07) is 5.87. The second kappa shape index (κ2) is 6.44. The van der Waals surface area contributed by atoms with E-state index in [1.54, 1.807) is 12.1 Å². The van der Waals surface area contributed by atoms with Gasteiger partial charge in [0.05, 0.1) is 22.4 Å². The van der Waals surface area contributed by atoms with E-state index in [1.165, 1.54) is 22.1 Å². The highest BCUT2D eigenvalue weighted by molar-refractivity contribution is 7.17. The predicted octanol–water partition coefficient (Wildman–Crippen LogP) is 2.68. The molecule has 0 aliphatic rings. The zero-order chi connectivity index (χ0) is 18.1. The number of aromatic carboxylic acids is 1. The average Bonchev–Trinajstić information content (AvgIpc) is 3.02. The molecular formula is C16H13N3O5S. The molecule has 0 atom stereocenters. The number of benzene rings is 1. The maximum Gasteiger partial charge on any atom is 0.337 e. The van der Waals surface area contributed by atoms with E-state index in [9.17, 15) is 24.8 Å². The minimum atomic E-state index is -1.17. The molecule has 9 heteroatoms. The summed E-state index contributed by atoms with van der Waals surface area (Å²) in [5.74, 6) is -0.633. The number of nitro benzene ring substituents is 1. The molecule has 0 radical (unpaired) electrons. The standard InChI is InChI=1S/C16H13N3O5S/c1-2-12-17-14-13(11(8-25-14)16(21)22)15(20)18(12)7-9-3-5-10(6-4-9)19(23)24/h3-6,8H,2,7H2,1H3,(H,21,22). The monoisotopic (exact) mass is 359 g/mol. The number of carbonyl (C=O) groups is 1. The third kappa shape index (κ3) is 3.01. The molecule has 0 aliphatic carbocycles. The van der Waals surface area contributed by atoms with Crippen LogP contribution < -0.4 is 5.56 Å². The molecule has 0 saturated carbocycles. The molecular weight excluding hydrogens is 346 g/mol. The van der Waals surface area contributed by atoms with Gasteiger partial charge in [-0.3, -0.25) is 19.5 Å². The van der Waals surface area contributed by atoms with Gasteiger partial charge in [0.15, 0.2) is 0 Å². The summed E-state index contributed by atoms with van der Waals surface area (Å²) in [6.07, 6.45) is 0.498. The molecule has 0 saturated heterocycles. The first-order chi connectivity index (χ1) is 11.9. The fourth-order valence-electron chi connectivity index (χ4n) is 2.56. The van der Waals surface area contributed by atoms with Crippen LogP contribution in [0, 0.1) is 10.1 Å². The quantitative estimate of drug-likeness (QED) is 0.553. The Bertz CT molecular complexity index is 1040. The van der Waals surface area contributed by atoms with Gasteiger partial charge in [-0.05, 0) is 5.56 Å². The van der Waals surface area contributed by atoms with E-state index >= 15 is 0 Å². The molecule has 0 unspecified atom stereocenters. The van der Waals surface area contributed by atoms with E-state index in [1.807, 2.05) is 6.92 Å². The van der Waals surface area contributed by atoms with Gasteiger partial charge in [0.25, 0.3) is 11.2 Å². The highest BCUT2D eigenvalue weighted by Gasteiger charge is 2.19. The zero-order valence-electron chi connectivity index (χ0n) is 13.1. The van der Waals surface area contributed by atoms with Crippen molar-refractivity contribution in [2.45, 2.75) is 19.9 Å². The van der Waals surface area contributed by atoms with Crippen LogP contribution in [0.3, 0.4) is 0 Å². The fraction of sp³-hybridized carbons (Fsp3) is 0.188. The summed E-state index contributed by atoms with van der Waals surface area (Å²) in [4.78, 5) is 39.2. The number of nitro groups is 1. The third-order valence-electron chi connectivity index (χ3n) is 3.81. The molecule has 128 valence electrons. The number of aryl methyl sites for hydroxylation is 1. The number of aromatic nitrogens is 2. The SMILES string of the molecule is CCc1nc2scc(C(=O)O)c2c(=O)n1Cc1ccc([N+](=O)[O-])cc1. The van der Waals surface area contributed by atoms with Crippen molar-refractivity contribution in [2.24, 2.45) is 0 Å². The molecule has 0 spiro atoms. The third-order valence-corrected chi connectivity index (χ3v) is 4.68. The molecule has 2 aromatic heterocycles. The zero-order valence-corrected chi connectivity index (χ0v) is 13.9. The van der Waals surface area contributed by atoms with Crippen molar-refractivity contribution >= 4 is 33.2 Å². The molecule has 1 N–H and O–H groups in total. The van der Waals surface area contributed by atoms with Gasteiger partial charge in [-0.25, -0.2) is 9.78 Å². The predicted molar refractivity (Wildman–Crippen MR) is 92.4 cm³/mol. The van der Waals surface area contributed by atoms with Crippen molar-refractivity contribution < 1.29 is 14.8 Å². The Hall–Kier alpha value is -3.07. The van der Waals surface area contributed by atoms with Gasteiger partial charge in [-0.15, -0.1) is 11.3 Å². The average molecular weight is 359 g/mol. The molecule has 0 amide bonds. The molecule has 0 aliphatic heterocycles. The van der Waals surface area contributed by atoms with Gasteiger partial charge in [0.2, 0.25) is 0 Å². The van der Waals surface area contributed by atoms with E-state index < -0.39 is 16.5 Å². The van der Waals surface area contributed by atoms with Crippen molar-refractivity contribution in [1.29, 1.82) is 0 Å². The topological polar surface area (TPSA) is 115 Å². The van der Waals surface area contributed by atoms with Crippen LogP contribution in [0.5, 0.6) is 0 Å². The van der Waals surface area contributed by atoms with Crippen LogP contribution in [0.2, 0.25) is 0 Å². The molecule has 2 heterocycles. The Morgan fingerprint density at radius 1 is 1.36 bits per heavy atom. The summed E-state index contributed by atoms with van der Waals surface area (Å²) in [5, 5.41) is 21.5. The molecule has 25 heavy (non-hydrogen) atoms. The molecule has 1 aromatic carbocycles. The molecule has 3 rings (SSSR count). The van der Waals surface area contributed by atoms with Crippen LogP contribution in [0.4, 0.5) is 5.69 Å². The van der Waals surface area contributed by atoms with Gasteiger partial charge in [0, 0.05) is 23.9 Å². The Kier molecular flexibility index (Phi) is 4.32. The van der Waals surface area contributed by atoms with Gasteiger partial charge >= 0.3 is 5.97 Å². The Morgan fingerprint density at radius 3 is 2.60 bits per heavy atom. The van der Waals surface area contributed by atoms with Gasteiger partial charge in [-0.1, -0.05) is 19.1 Å². The van der Waals surface area contributed by atoms with E-state index in [0.717, 1.165) is 11.3 Å². The normalized spacial score (nSPS) is 10.9. The van der Waals surface area contributed by atoms with Crippen molar-refractivity contribution in [2.75, 3.05) is 0 Å². The van der Waals surface area contributed by atoms with E-state index in [0.29, 0.717) is 22.6 Å². The Labute approximate surface area is 145 Å². The molecule has 8 nitrogen and oxygen atoms in total. The van der Waals surface area contributed by atoms with Crippen LogP contribution in [-0.2, 0) is 13.0 Å². The van der Waals surface area contributed by atoms with Crippen molar-refractivity contribution in [3.63, 3.8) is 0 Å². The lowest BCUT2D eigenvalue weighted by Gasteiger charge is -2.11. The van der Waals surface area contributed by atoms with Crippen LogP contribution in [0.15, 0.2) is 34.4 Å². The van der Waals surface area contributed by atoms with Crippen molar-refractivity contribution in [3.05, 3.63) is 67.1 Å². The first-order valence-corrected chi connectivity index (χ1v) is 8.28. The minimum Gasteiger partial charge on any atom is -0.478 e. The summed E-state index contributed by atoms with van der Waals surface area (Å²) < 4.78 is 1.42. The number of fused-ring (bicyclic) bond motifs is 1. The largest absolute Gasteiger partial charge is 0.478 e. The lowest BCUT2D eigenvalue weighted by Crippen LogP contribution is -2.26. The first-order valence-electron chi connectivity index (χ1n) is 7.40. The van der Waals surface area contributed by atoms with Gasteiger partial charge in [0.1, 0.15) is 10.7 Å². The smallest absolute Gasteiger partial charge is 0.337 e. The van der Waals surface area contributed by atoms with Gasteiger partial charge in [-0.2, -0.15) is 0 Å². The molecule has 0 bridgehead atoms. The van der Waals surface area contributed by atoms with Crippen molar-refractivity contribution in [3.8, 4) is 0 Å². The van der Waals surface area contributed by atoms with Crippen LogP contribution in [-0.4, -0.2) is 25.6 Å². The summed E-state index contributed by atoms with van der Waals surface area (Å²) in [7, 11) is 0. The number of hydrogen-bond acceptors (Lipinski definition) is 6. The Morgan fingerprint density at radius 2 is 2.04 bits per heavy atom. The summed E-state index contributed by atoms with van der Waals surface area (Å²) >= 11 is 1.13. The van der Waals surface area contributed by atoms with Gasteiger partial charge < -0.3 is 5.11 Å². The van der Waals surface area contributed by atoms with E-state index in [-0.39, 0.29) is 23.2 Å². The maximum atomic E-state index is 12.8. The van der Waals surface area contributed by atoms with E-state index in [2.05, 4.69) is 4.98 Å². The highest BCUT2D eigenvalue weighted by Crippen LogP contribution is 2.22. The molecule has 3 aromatic rings. The van der Waals surface area contributed by atoms with Crippen molar-refractivity contribution in [1.82, 2.24) is 9.55 Å². The van der Waals surface area contributed by atoms with Crippen LogP contribution >= 0.6 is 11.3 Å². The second-order valence-electron chi connectivity index (χ2n) is 5.33. The number of rotatable bonds is 5. The number of hydrogen-bond donors (Lipinski definition) is 1. The fourth-order valence-corrected chi connectivity index (χ4v) is 3.48. The second-order valence-corrected chi connectivity index (χ2v) is 6.19. The highest BCUT2D eigenvalue weighted by atomic mass is 32.1. The van der Waals surface area contributed by atoms with Crippen LogP contribution in [0.1, 0.15) is 28.7 Å². The van der Waals surface area contributed by atoms with E-state index in [4.69, 9.17) is 0 Å². The lowest BCUT2D eigenvalue weighted by molar-refractivity contribution is -0.384. The molecule has 0 fully saturated rings. The number of carboxylic acids is 1. The maximum absolute atomic E-state index is 12.8. The minimum absolute atomic E-state index is 0.0358. The summed E-state index contributed by atoms with van der Waals surface area (Å²) in [5.41, 5.74) is 0.179. The Balaban J connectivity index is 2.12. The number of thiophene rings is 1. The first kappa shape index (κ1) is 16.8. The summed E-state index contributed by atoms with van der Waals surface area (Å²) in [6.45, 7) is 2.02. The number of carboxylic acid groups (broad SMARTS) is 1. The van der Waals surface area contributed by atoms with Crippen LogP contribution in [0.25, 0.3) is 10.2 Å². The number of non-ortho nitro benzene ring substituents is 1. The number of nitrogens with zero attached hydrogens (tertiary/aromatic N) is 3.